The molecular formula is C15H19N3S. The highest BCUT2D eigenvalue weighted by atomic mass is 32.1. The quantitative estimate of drug-likeness (QED) is 0.469. The van der Waals surface area contributed by atoms with Gasteiger partial charge < -0.3 is 4.90 Å². The monoisotopic (exact) mass is 273 g/mol. The van der Waals surface area contributed by atoms with E-state index < -0.39 is 0 Å². The normalized spacial score (nSPS) is 19.4. The summed E-state index contributed by atoms with van der Waals surface area (Å²) in [6.07, 6.45) is 10.4. The van der Waals surface area contributed by atoms with Gasteiger partial charge >= 0.3 is 0 Å². The van der Waals surface area contributed by atoms with Crippen molar-refractivity contribution in [2.75, 3.05) is 13.1 Å². The van der Waals surface area contributed by atoms with Crippen molar-refractivity contribution in [3.05, 3.63) is 16.0 Å². The highest BCUT2D eigenvalue weighted by Gasteiger charge is 2.19. The van der Waals surface area contributed by atoms with Gasteiger partial charge in [-0.05, 0) is 44.1 Å². The molecule has 1 aromatic heterocycles. The van der Waals surface area contributed by atoms with Gasteiger partial charge in [-0.3, -0.25) is 0 Å². The standard InChI is InChI=1S/C15H19N3S/c16-10-13-12-6-2-1-3-7-14(12)19-15(13)17-11-18-8-4-5-9-18/h11H,1-9H2/b17-11+. The minimum Gasteiger partial charge on any atom is -0.363 e. The summed E-state index contributed by atoms with van der Waals surface area (Å²) in [6.45, 7) is 2.22. The van der Waals surface area contributed by atoms with Crippen LogP contribution < -0.4 is 0 Å². The average Bonchev–Trinajstić information content (AvgIpc) is 2.99. The Morgan fingerprint density at radius 2 is 1.89 bits per heavy atom. The summed E-state index contributed by atoms with van der Waals surface area (Å²) in [5, 5.41) is 10.3. The van der Waals surface area contributed by atoms with Crippen LogP contribution in [0.5, 0.6) is 0 Å². The Morgan fingerprint density at radius 3 is 2.68 bits per heavy atom. The number of nitriles is 1. The molecule has 4 heteroatoms. The first-order valence-corrected chi connectivity index (χ1v) is 8.03. The van der Waals surface area contributed by atoms with Crippen LogP contribution in [0.2, 0.25) is 0 Å². The maximum absolute atomic E-state index is 9.42. The second-order valence-electron chi connectivity index (χ2n) is 5.34. The Bertz CT molecular complexity index is 518. The Labute approximate surface area is 118 Å². The highest BCUT2D eigenvalue weighted by Crippen LogP contribution is 2.38. The van der Waals surface area contributed by atoms with E-state index in [1.165, 1.54) is 42.5 Å². The predicted molar refractivity (Wildman–Crippen MR) is 79.3 cm³/mol. The number of hydrogen-bond acceptors (Lipinski definition) is 3. The first-order valence-electron chi connectivity index (χ1n) is 7.21. The molecule has 0 amide bonds. The fourth-order valence-electron chi connectivity index (χ4n) is 2.93. The molecule has 1 aliphatic heterocycles. The Balaban J connectivity index is 1.87. The van der Waals surface area contributed by atoms with Gasteiger partial charge in [0.25, 0.3) is 0 Å². The number of hydrogen-bond donors (Lipinski definition) is 0. The molecule has 0 atom stereocenters. The van der Waals surface area contributed by atoms with Gasteiger partial charge in [-0.15, -0.1) is 11.3 Å². The third-order valence-electron chi connectivity index (χ3n) is 3.99. The van der Waals surface area contributed by atoms with Crippen LogP contribution in [-0.4, -0.2) is 24.3 Å². The van der Waals surface area contributed by atoms with E-state index in [0.29, 0.717) is 0 Å². The van der Waals surface area contributed by atoms with Crippen molar-refractivity contribution in [3.63, 3.8) is 0 Å². The molecule has 19 heavy (non-hydrogen) atoms. The molecule has 0 spiro atoms. The van der Waals surface area contributed by atoms with E-state index in [1.54, 1.807) is 11.3 Å². The number of aryl methyl sites for hydroxylation is 1. The van der Waals surface area contributed by atoms with Crippen LogP contribution in [0.4, 0.5) is 5.00 Å². The summed E-state index contributed by atoms with van der Waals surface area (Å²) < 4.78 is 0. The molecule has 0 aromatic carbocycles. The van der Waals surface area contributed by atoms with Crippen LogP contribution in [0.1, 0.15) is 48.1 Å². The van der Waals surface area contributed by atoms with E-state index in [9.17, 15) is 5.26 Å². The Hall–Kier alpha value is -1.34. The van der Waals surface area contributed by atoms with Crippen LogP contribution in [0.25, 0.3) is 0 Å². The number of likely N-dealkylation sites (tertiary alicyclic amines) is 1. The van der Waals surface area contributed by atoms with E-state index in [2.05, 4.69) is 16.0 Å². The molecule has 1 fully saturated rings. The van der Waals surface area contributed by atoms with Gasteiger partial charge in [-0.1, -0.05) is 6.42 Å². The Kier molecular flexibility index (Phi) is 3.84. The summed E-state index contributed by atoms with van der Waals surface area (Å²) in [5.41, 5.74) is 2.14. The molecule has 1 aliphatic carbocycles. The van der Waals surface area contributed by atoms with Gasteiger partial charge in [0.15, 0.2) is 0 Å². The number of rotatable bonds is 2. The summed E-state index contributed by atoms with van der Waals surface area (Å²) in [6, 6.07) is 2.39. The predicted octanol–water partition coefficient (Wildman–Crippen LogP) is 3.64. The molecule has 0 unspecified atom stereocenters. The van der Waals surface area contributed by atoms with Gasteiger partial charge in [0.2, 0.25) is 0 Å². The van der Waals surface area contributed by atoms with Gasteiger partial charge in [0.05, 0.1) is 11.9 Å². The zero-order chi connectivity index (χ0) is 13.1. The number of fused-ring (bicyclic) bond motifs is 1. The maximum atomic E-state index is 9.42. The second kappa shape index (κ2) is 5.75. The van der Waals surface area contributed by atoms with Crippen LogP contribution in [0.3, 0.4) is 0 Å². The molecule has 100 valence electrons. The smallest absolute Gasteiger partial charge is 0.136 e. The minimum atomic E-state index is 0.845. The van der Waals surface area contributed by atoms with Crippen LogP contribution >= 0.6 is 11.3 Å². The van der Waals surface area contributed by atoms with Crippen molar-refractivity contribution in [2.45, 2.75) is 44.9 Å². The topological polar surface area (TPSA) is 39.4 Å². The van der Waals surface area contributed by atoms with Crippen molar-refractivity contribution < 1.29 is 0 Å². The fraction of sp³-hybridized carbons (Fsp3) is 0.600. The van der Waals surface area contributed by atoms with Crippen LogP contribution in [-0.2, 0) is 12.8 Å². The second-order valence-corrected chi connectivity index (χ2v) is 6.43. The first kappa shape index (κ1) is 12.7. The van der Waals surface area contributed by atoms with Crippen molar-refractivity contribution in [1.82, 2.24) is 4.90 Å². The molecule has 0 saturated carbocycles. The lowest BCUT2D eigenvalue weighted by molar-refractivity contribution is 0.536. The number of aliphatic imine (C=N–C) groups is 1. The first-order chi connectivity index (χ1) is 9.38. The van der Waals surface area contributed by atoms with Crippen molar-refractivity contribution in [1.29, 1.82) is 5.26 Å². The lowest BCUT2D eigenvalue weighted by Gasteiger charge is -2.08. The van der Waals surface area contributed by atoms with Crippen LogP contribution in [0.15, 0.2) is 4.99 Å². The lowest BCUT2D eigenvalue weighted by atomic mass is 10.1. The summed E-state index contributed by atoms with van der Waals surface area (Å²) in [4.78, 5) is 8.25. The van der Waals surface area contributed by atoms with E-state index in [4.69, 9.17) is 0 Å². The third kappa shape index (κ3) is 2.66. The fourth-order valence-corrected chi connectivity index (χ4v) is 4.10. The molecule has 1 saturated heterocycles. The zero-order valence-corrected chi connectivity index (χ0v) is 12.0. The molecule has 2 aliphatic rings. The van der Waals surface area contributed by atoms with E-state index in [-0.39, 0.29) is 0 Å². The molecule has 3 rings (SSSR count). The van der Waals surface area contributed by atoms with Crippen molar-refractivity contribution in [2.24, 2.45) is 4.99 Å². The average molecular weight is 273 g/mol. The zero-order valence-electron chi connectivity index (χ0n) is 11.2. The van der Waals surface area contributed by atoms with E-state index in [1.807, 2.05) is 6.34 Å². The molecule has 1 aromatic rings. The van der Waals surface area contributed by atoms with E-state index >= 15 is 0 Å². The summed E-state index contributed by atoms with van der Waals surface area (Å²) >= 11 is 1.74. The minimum absolute atomic E-state index is 0.845. The van der Waals surface area contributed by atoms with Crippen molar-refractivity contribution >= 4 is 22.7 Å². The highest BCUT2D eigenvalue weighted by molar-refractivity contribution is 7.16. The summed E-state index contributed by atoms with van der Waals surface area (Å²) in [7, 11) is 0. The van der Waals surface area contributed by atoms with Gasteiger partial charge in [-0.25, -0.2) is 4.99 Å². The molecular weight excluding hydrogens is 254 g/mol. The van der Waals surface area contributed by atoms with Gasteiger partial charge in [0, 0.05) is 18.0 Å². The van der Waals surface area contributed by atoms with Gasteiger partial charge in [0.1, 0.15) is 11.1 Å². The Morgan fingerprint density at radius 1 is 1.11 bits per heavy atom. The van der Waals surface area contributed by atoms with Crippen LogP contribution in [0, 0.1) is 11.3 Å². The third-order valence-corrected chi connectivity index (χ3v) is 5.19. The van der Waals surface area contributed by atoms with Crippen molar-refractivity contribution in [3.8, 4) is 6.07 Å². The molecule has 0 radical (unpaired) electrons. The molecule has 0 N–H and O–H groups in total. The molecule has 0 bridgehead atoms. The largest absolute Gasteiger partial charge is 0.363 e. The number of nitrogens with zero attached hydrogens (tertiary/aromatic N) is 3. The van der Waals surface area contributed by atoms with E-state index in [0.717, 1.165) is 36.5 Å². The SMILES string of the molecule is N#Cc1c(/N=C/N2CCCC2)sc2c1CCCCC2. The van der Waals surface area contributed by atoms with Gasteiger partial charge in [-0.2, -0.15) is 5.26 Å². The summed E-state index contributed by atoms with van der Waals surface area (Å²) in [5.74, 6) is 0. The molecule has 2 heterocycles. The maximum Gasteiger partial charge on any atom is 0.136 e. The lowest BCUT2D eigenvalue weighted by Crippen LogP contribution is -2.15. The number of thiophene rings is 1. The molecule has 3 nitrogen and oxygen atoms in total.